The molecule has 0 radical (unpaired) electrons. The van der Waals surface area contributed by atoms with Crippen LogP contribution in [0.2, 0.25) is 0 Å². The normalized spacial score (nSPS) is 13.5. The Labute approximate surface area is 191 Å². The first-order valence-corrected chi connectivity index (χ1v) is 11.1. The summed E-state index contributed by atoms with van der Waals surface area (Å²) in [6.07, 6.45) is 7.85. The molecule has 1 saturated carbocycles. The van der Waals surface area contributed by atoms with Gasteiger partial charge in [-0.3, -0.25) is 4.79 Å². The van der Waals surface area contributed by atoms with Crippen molar-refractivity contribution < 1.29 is 9.18 Å². The van der Waals surface area contributed by atoms with Crippen molar-refractivity contribution in [3.63, 3.8) is 0 Å². The van der Waals surface area contributed by atoms with Gasteiger partial charge in [0.25, 0.3) is 5.91 Å². The van der Waals surface area contributed by atoms with Crippen molar-refractivity contribution in [1.29, 1.82) is 0 Å². The van der Waals surface area contributed by atoms with Crippen LogP contribution in [0.3, 0.4) is 0 Å². The van der Waals surface area contributed by atoms with Gasteiger partial charge in [0.1, 0.15) is 5.82 Å². The van der Waals surface area contributed by atoms with Gasteiger partial charge in [0.15, 0.2) is 0 Å². The van der Waals surface area contributed by atoms with E-state index in [0.29, 0.717) is 11.6 Å². The zero-order valence-corrected chi connectivity index (χ0v) is 18.8. The minimum Gasteiger partial charge on any atom is -0.322 e. The van der Waals surface area contributed by atoms with E-state index in [4.69, 9.17) is 0 Å². The van der Waals surface area contributed by atoms with Gasteiger partial charge in [0.2, 0.25) is 0 Å². The highest BCUT2D eigenvalue weighted by molar-refractivity contribution is 6.05. The molecule has 0 unspecified atom stereocenters. The van der Waals surface area contributed by atoms with Gasteiger partial charge in [-0.25, -0.2) is 14.1 Å². The van der Waals surface area contributed by atoms with Crippen LogP contribution >= 0.6 is 0 Å². The third-order valence-electron chi connectivity index (χ3n) is 5.88. The number of hydrogen-bond donors (Lipinski definition) is 1. The van der Waals surface area contributed by atoms with Crippen molar-refractivity contribution in [2.75, 3.05) is 5.32 Å². The molecule has 33 heavy (non-hydrogen) atoms. The van der Waals surface area contributed by atoms with E-state index < -0.39 is 11.7 Å². The van der Waals surface area contributed by atoms with Gasteiger partial charge in [-0.15, -0.1) is 5.10 Å². The molecule has 2 aromatic carbocycles. The monoisotopic (exact) mass is 444 g/mol. The lowest BCUT2D eigenvalue weighted by Crippen LogP contribution is -2.15. The number of anilines is 1. The molecule has 4 aromatic rings. The quantitative estimate of drug-likeness (QED) is 0.446. The van der Waals surface area contributed by atoms with Crippen LogP contribution in [0, 0.1) is 12.7 Å². The third kappa shape index (κ3) is 4.28. The first-order chi connectivity index (χ1) is 15.9. The maximum atomic E-state index is 14.8. The molecule has 168 valence electrons. The SMILES string of the molecule is Cc1cc(F)c(C(=O)Nc2cccc(-n3cc(C(C)C)nn3)c2)cc1-n1cnc(C2CC2)c1. The van der Waals surface area contributed by atoms with E-state index in [1.165, 1.54) is 6.07 Å². The van der Waals surface area contributed by atoms with Crippen LogP contribution in [-0.4, -0.2) is 30.5 Å². The van der Waals surface area contributed by atoms with E-state index in [1.54, 1.807) is 29.2 Å². The molecule has 1 amide bonds. The van der Waals surface area contributed by atoms with Crippen molar-refractivity contribution in [2.45, 2.75) is 45.4 Å². The molecule has 0 spiro atoms. The molecular formula is C25H25FN6O. The van der Waals surface area contributed by atoms with E-state index >= 15 is 0 Å². The number of amides is 1. The third-order valence-corrected chi connectivity index (χ3v) is 5.88. The molecule has 7 nitrogen and oxygen atoms in total. The first-order valence-electron chi connectivity index (χ1n) is 11.1. The first kappa shape index (κ1) is 21.1. The Morgan fingerprint density at radius 2 is 2.00 bits per heavy atom. The molecule has 0 bridgehead atoms. The number of carbonyl (C=O) groups excluding carboxylic acids is 1. The Morgan fingerprint density at radius 1 is 1.18 bits per heavy atom. The van der Waals surface area contributed by atoms with Crippen molar-refractivity contribution in [1.82, 2.24) is 24.5 Å². The molecule has 2 heterocycles. The standard InChI is InChI=1S/C25H25FN6O/c1-15(2)22-13-32(30-29-22)19-6-4-5-18(10-19)28-25(33)20-11-24(16(3)9-21(20)26)31-12-23(27-14-31)17-7-8-17/h4-6,9-15,17H,7-8H2,1-3H3,(H,28,33). The number of rotatable bonds is 6. The Bertz CT molecular complexity index is 1330. The maximum Gasteiger partial charge on any atom is 0.258 e. The van der Waals surface area contributed by atoms with E-state index in [9.17, 15) is 9.18 Å². The van der Waals surface area contributed by atoms with Gasteiger partial charge >= 0.3 is 0 Å². The largest absolute Gasteiger partial charge is 0.322 e. The average molecular weight is 445 g/mol. The zero-order chi connectivity index (χ0) is 23.1. The fourth-order valence-corrected chi connectivity index (χ4v) is 3.77. The molecule has 1 N–H and O–H groups in total. The molecule has 1 fully saturated rings. The highest BCUT2D eigenvalue weighted by atomic mass is 19.1. The second-order valence-corrected chi connectivity index (χ2v) is 8.85. The number of benzene rings is 2. The molecular weight excluding hydrogens is 419 g/mol. The maximum absolute atomic E-state index is 14.8. The summed E-state index contributed by atoms with van der Waals surface area (Å²) in [5, 5.41) is 11.1. The fourth-order valence-electron chi connectivity index (χ4n) is 3.77. The Hall–Kier alpha value is -3.81. The van der Waals surface area contributed by atoms with Crippen LogP contribution in [0.4, 0.5) is 10.1 Å². The molecule has 5 rings (SSSR count). The molecule has 0 aliphatic heterocycles. The predicted molar refractivity (Wildman–Crippen MR) is 124 cm³/mol. The van der Waals surface area contributed by atoms with Gasteiger partial charge in [-0.2, -0.15) is 0 Å². The molecule has 2 aromatic heterocycles. The van der Waals surface area contributed by atoms with E-state index in [-0.39, 0.29) is 11.5 Å². The van der Waals surface area contributed by atoms with Crippen molar-refractivity contribution >= 4 is 11.6 Å². The number of nitrogens with zero attached hydrogens (tertiary/aromatic N) is 5. The minimum absolute atomic E-state index is 0.0227. The summed E-state index contributed by atoms with van der Waals surface area (Å²) >= 11 is 0. The second-order valence-electron chi connectivity index (χ2n) is 8.85. The number of hydrogen-bond acceptors (Lipinski definition) is 4. The lowest BCUT2D eigenvalue weighted by Gasteiger charge is -2.12. The number of imidazole rings is 1. The minimum atomic E-state index is -0.565. The zero-order valence-electron chi connectivity index (χ0n) is 18.8. The number of aromatic nitrogens is 5. The predicted octanol–water partition coefficient (Wildman–Crippen LogP) is 5.15. The number of carbonyl (C=O) groups is 1. The van der Waals surface area contributed by atoms with Crippen LogP contribution in [0.1, 0.15) is 65.8 Å². The van der Waals surface area contributed by atoms with E-state index in [2.05, 4.69) is 20.6 Å². The van der Waals surface area contributed by atoms with Gasteiger partial charge < -0.3 is 9.88 Å². The number of aryl methyl sites for hydroxylation is 1. The Morgan fingerprint density at radius 3 is 2.73 bits per heavy atom. The lowest BCUT2D eigenvalue weighted by atomic mass is 10.1. The summed E-state index contributed by atoms with van der Waals surface area (Å²) in [6.45, 7) is 5.92. The van der Waals surface area contributed by atoms with Crippen LogP contribution in [0.25, 0.3) is 11.4 Å². The number of nitrogens with one attached hydrogen (secondary N) is 1. The van der Waals surface area contributed by atoms with Crippen molar-refractivity contribution in [3.05, 3.63) is 83.5 Å². The smallest absolute Gasteiger partial charge is 0.258 e. The topological polar surface area (TPSA) is 77.6 Å². The van der Waals surface area contributed by atoms with Crippen LogP contribution in [-0.2, 0) is 0 Å². The Kier molecular flexibility index (Phi) is 5.28. The highest BCUT2D eigenvalue weighted by Gasteiger charge is 2.26. The molecule has 1 aliphatic carbocycles. The summed E-state index contributed by atoms with van der Waals surface area (Å²) in [4.78, 5) is 17.5. The summed E-state index contributed by atoms with van der Waals surface area (Å²) in [5.41, 5.74) is 4.66. The van der Waals surface area contributed by atoms with Gasteiger partial charge in [-0.1, -0.05) is 25.1 Å². The summed E-state index contributed by atoms with van der Waals surface area (Å²) in [6, 6.07) is 10.2. The van der Waals surface area contributed by atoms with E-state index in [0.717, 1.165) is 41.2 Å². The summed E-state index contributed by atoms with van der Waals surface area (Å²) in [7, 11) is 0. The molecule has 1 aliphatic rings. The van der Waals surface area contributed by atoms with Crippen LogP contribution in [0.5, 0.6) is 0 Å². The Balaban J connectivity index is 1.40. The number of halogens is 1. The lowest BCUT2D eigenvalue weighted by molar-refractivity contribution is 0.102. The van der Waals surface area contributed by atoms with Crippen molar-refractivity contribution in [2.24, 2.45) is 0 Å². The molecule has 8 heteroatoms. The summed E-state index contributed by atoms with van der Waals surface area (Å²) in [5.74, 6) is -0.306. The van der Waals surface area contributed by atoms with Crippen LogP contribution in [0.15, 0.2) is 55.1 Å². The van der Waals surface area contributed by atoms with Gasteiger partial charge in [0, 0.05) is 17.8 Å². The van der Waals surface area contributed by atoms with Crippen LogP contribution < -0.4 is 5.32 Å². The van der Waals surface area contributed by atoms with E-state index in [1.807, 2.05) is 49.9 Å². The second kappa shape index (κ2) is 8.27. The van der Waals surface area contributed by atoms with Crippen molar-refractivity contribution in [3.8, 4) is 11.4 Å². The highest BCUT2D eigenvalue weighted by Crippen LogP contribution is 2.39. The average Bonchev–Trinajstić information content (AvgIpc) is 3.31. The summed E-state index contributed by atoms with van der Waals surface area (Å²) < 4.78 is 18.3. The molecule has 0 saturated heterocycles. The fraction of sp³-hybridized carbons (Fsp3) is 0.280. The van der Waals surface area contributed by atoms with Gasteiger partial charge in [-0.05, 0) is 61.6 Å². The molecule has 0 atom stereocenters. The van der Waals surface area contributed by atoms with Gasteiger partial charge in [0.05, 0.1) is 40.9 Å².